The number of Topliss-reactive ketones (excluding diaryl/α,β-unsaturated/α-hetero) is 1. The van der Waals surface area contributed by atoms with Crippen LogP contribution >= 0.6 is 0 Å². The van der Waals surface area contributed by atoms with Gasteiger partial charge in [0.25, 0.3) is 0 Å². The van der Waals surface area contributed by atoms with Crippen LogP contribution in [0.3, 0.4) is 0 Å². The van der Waals surface area contributed by atoms with Gasteiger partial charge in [-0.05, 0) is 62.4 Å². The number of pyridine rings is 1. The van der Waals surface area contributed by atoms with E-state index in [9.17, 15) is 15.2 Å². The van der Waals surface area contributed by atoms with Gasteiger partial charge >= 0.3 is 0 Å². The number of aliphatic hydroxyl groups excluding tert-OH is 1. The summed E-state index contributed by atoms with van der Waals surface area (Å²) in [4.78, 5) is 17.3. The average molecular weight is 399 g/mol. The lowest BCUT2D eigenvalue weighted by Crippen LogP contribution is -2.33. The first-order valence-corrected chi connectivity index (χ1v) is 10.3. The van der Waals surface area contributed by atoms with Gasteiger partial charge in [0.1, 0.15) is 0 Å². The average Bonchev–Trinajstić information content (AvgIpc) is 3.26. The van der Waals surface area contributed by atoms with E-state index in [0.717, 1.165) is 16.9 Å². The summed E-state index contributed by atoms with van der Waals surface area (Å²) in [6.07, 6.45) is 7.86. The minimum atomic E-state index is -0.632. The Labute approximate surface area is 176 Å². The van der Waals surface area contributed by atoms with Crippen LogP contribution in [0.4, 0.5) is 0 Å². The molecule has 1 saturated carbocycles. The quantitative estimate of drug-likeness (QED) is 0.649. The first-order valence-electron chi connectivity index (χ1n) is 10.3. The Hall–Kier alpha value is -3.23. The fraction of sp³-hybridized carbons (Fsp3) is 0.320. The summed E-state index contributed by atoms with van der Waals surface area (Å²) in [5.74, 6) is 0.0335. The van der Waals surface area contributed by atoms with Crippen LogP contribution in [0.25, 0.3) is 5.69 Å². The van der Waals surface area contributed by atoms with Gasteiger partial charge in [-0.2, -0.15) is 5.26 Å². The molecule has 3 aromatic rings. The summed E-state index contributed by atoms with van der Waals surface area (Å²) < 4.78 is 1.95. The van der Waals surface area contributed by atoms with Crippen LogP contribution in [0.15, 0.2) is 61.1 Å². The van der Waals surface area contributed by atoms with E-state index in [1.54, 1.807) is 6.20 Å². The van der Waals surface area contributed by atoms with Crippen LogP contribution in [-0.4, -0.2) is 26.5 Å². The third kappa shape index (κ3) is 4.05. The molecule has 0 radical (unpaired) electrons. The van der Waals surface area contributed by atoms with Crippen molar-refractivity contribution in [3.63, 3.8) is 0 Å². The molecule has 4 rings (SSSR count). The molecule has 2 heterocycles. The highest BCUT2D eigenvalue weighted by Gasteiger charge is 2.37. The van der Waals surface area contributed by atoms with E-state index in [0.29, 0.717) is 31.2 Å². The molecule has 1 aliphatic rings. The summed E-state index contributed by atoms with van der Waals surface area (Å²) in [6.45, 7) is 2.05. The van der Waals surface area contributed by atoms with Crippen LogP contribution in [0.2, 0.25) is 0 Å². The molecular formula is C25H25N3O2. The predicted molar refractivity (Wildman–Crippen MR) is 115 cm³/mol. The van der Waals surface area contributed by atoms with Crippen molar-refractivity contribution in [1.29, 1.82) is 5.26 Å². The molecule has 0 bridgehead atoms. The molecule has 152 valence electrons. The van der Waals surface area contributed by atoms with Crippen molar-refractivity contribution in [2.24, 2.45) is 0 Å². The van der Waals surface area contributed by atoms with Crippen molar-refractivity contribution in [3.05, 3.63) is 83.4 Å². The number of ketones is 1. The van der Waals surface area contributed by atoms with Crippen LogP contribution < -0.4 is 0 Å². The van der Waals surface area contributed by atoms with Gasteiger partial charge < -0.3 is 9.67 Å². The lowest BCUT2D eigenvalue weighted by Gasteiger charge is -2.32. The van der Waals surface area contributed by atoms with E-state index in [-0.39, 0.29) is 18.3 Å². The van der Waals surface area contributed by atoms with Gasteiger partial charge in [0.15, 0.2) is 5.78 Å². The van der Waals surface area contributed by atoms with Crippen molar-refractivity contribution in [3.8, 4) is 11.8 Å². The minimum Gasteiger partial charge on any atom is -0.393 e. The lowest BCUT2D eigenvalue weighted by molar-refractivity contribution is 0.0992. The third-order valence-electron chi connectivity index (χ3n) is 6.05. The second-order valence-corrected chi connectivity index (χ2v) is 8.22. The molecule has 5 heteroatoms. The van der Waals surface area contributed by atoms with Gasteiger partial charge in [-0.15, -0.1) is 0 Å². The maximum Gasteiger partial charge on any atom is 0.168 e. The number of carbonyl (C=O) groups is 1. The first kappa shape index (κ1) is 20.1. The Balaban J connectivity index is 1.45. The molecule has 30 heavy (non-hydrogen) atoms. The summed E-state index contributed by atoms with van der Waals surface area (Å²) in [7, 11) is 0. The largest absolute Gasteiger partial charge is 0.393 e. The molecule has 5 nitrogen and oxygen atoms in total. The molecule has 1 N–H and O–H groups in total. The molecule has 0 atom stereocenters. The van der Waals surface area contributed by atoms with E-state index >= 15 is 0 Å². The number of rotatable bonds is 5. The van der Waals surface area contributed by atoms with E-state index < -0.39 is 5.41 Å². The van der Waals surface area contributed by atoms with Crippen LogP contribution in [0.1, 0.15) is 52.9 Å². The normalized spacial score (nSPS) is 21.2. The number of carbonyl (C=O) groups excluding carboxylic acids is 1. The Morgan fingerprint density at radius 1 is 1.20 bits per heavy atom. The second-order valence-electron chi connectivity index (χ2n) is 8.22. The maximum atomic E-state index is 12.7. The van der Waals surface area contributed by atoms with Gasteiger partial charge in [0.05, 0.1) is 23.3 Å². The molecular weight excluding hydrogens is 374 g/mol. The van der Waals surface area contributed by atoms with Crippen LogP contribution in [0.5, 0.6) is 0 Å². The molecule has 0 amide bonds. The molecule has 0 unspecified atom stereocenters. The maximum absolute atomic E-state index is 12.7. The summed E-state index contributed by atoms with van der Waals surface area (Å²) in [5, 5.41) is 19.5. The standard InChI is InChI=1S/C25H25N3O2/c1-18-2-5-21(6-3-18)28-13-10-20(16-28)23(30)14-19-4-7-24(27-15-19)25(17-26)11-8-22(29)9-12-25/h2-7,10,13,15-16,22,29H,8-9,11-12,14H2,1H3. The van der Waals surface area contributed by atoms with Crippen molar-refractivity contribution in [1.82, 2.24) is 9.55 Å². The summed E-state index contributed by atoms with van der Waals surface area (Å²) >= 11 is 0. The molecule has 0 spiro atoms. The number of benzene rings is 1. The summed E-state index contributed by atoms with van der Waals surface area (Å²) in [5.41, 5.74) is 3.81. The number of aliphatic hydroxyl groups is 1. The highest BCUT2D eigenvalue weighted by Crippen LogP contribution is 2.38. The van der Waals surface area contributed by atoms with Gasteiger partial charge in [-0.3, -0.25) is 9.78 Å². The zero-order valence-electron chi connectivity index (χ0n) is 17.1. The molecule has 1 aliphatic carbocycles. The minimum absolute atomic E-state index is 0.0335. The summed E-state index contributed by atoms with van der Waals surface area (Å²) in [6, 6.07) is 16.2. The Kier molecular flexibility index (Phi) is 5.52. The van der Waals surface area contributed by atoms with Gasteiger partial charge in [0.2, 0.25) is 0 Å². The zero-order valence-corrected chi connectivity index (χ0v) is 17.1. The number of hydrogen-bond acceptors (Lipinski definition) is 4. The third-order valence-corrected chi connectivity index (χ3v) is 6.05. The highest BCUT2D eigenvalue weighted by atomic mass is 16.3. The number of aromatic nitrogens is 2. The number of aryl methyl sites for hydroxylation is 1. The zero-order chi connectivity index (χ0) is 21.1. The Bertz CT molecular complexity index is 1070. The van der Waals surface area contributed by atoms with E-state index in [1.807, 2.05) is 66.3 Å². The second kappa shape index (κ2) is 8.25. The Morgan fingerprint density at radius 2 is 1.93 bits per heavy atom. The highest BCUT2D eigenvalue weighted by molar-refractivity contribution is 5.97. The van der Waals surface area contributed by atoms with Crippen molar-refractivity contribution >= 4 is 5.78 Å². The predicted octanol–water partition coefficient (Wildman–Crippen LogP) is 4.30. The fourth-order valence-electron chi connectivity index (χ4n) is 4.06. The monoisotopic (exact) mass is 399 g/mol. The SMILES string of the molecule is Cc1ccc(-n2ccc(C(=O)Cc3ccc(C4(C#N)CCC(O)CC4)nc3)c2)cc1. The Morgan fingerprint density at radius 3 is 2.57 bits per heavy atom. The van der Waals surface area contributed by atoms with E-state index in [2.05, 4.69) is 11.1 Å². The van der Waals surface area contributed by atoms with E-state index in [1.165, 1.54) is 5.56 Å². The number of nitrogens with zero attached hydrogens (tertiary/aromatic N) is 3. The molecule has 2 aromatic heterocycles. The van der Waals surface area contributed by atoms with Crippen molar-refractivity contribution < 1.29 is 9.90 Å². The fourth-order valence-corrected chi connectivity index (χ4v) is 4.06. The molecule has 0 saturated heterocycles. The van der Waals surface area contributed by atoms with Gasteiger partial charge in [-0.25, -0.2) is 0 Å². The molecule has 0 aliphatic heterocycles. The van der Waals surface area contributed by atoms with Crippen LogP contribution in [0, 0.1) is 18.3 Å². The molecule has 1 aromatic carbocycles. The number of hydrogen-bond donors (Lipinski definition) is 1. The molecule has 1 fully saturated rings. The first-order chi connectivity index (χ1) is 14.5. The van der Waals surface area contributed by atoms with Crippen molar-refractivity contribution in [2.45, 2.75) is 50.5 Å². The smallest absolute Gasteiger partial charge is 0.168 e. The van der Waals surface area contributed by atoms with E-state index in [4.69, 9.17) is 0 Å². The van der Waals surface area contributed by atoms with Gasteiger partial charge in [0, 0.05) is 36.3 Å². The number of nitriles is 1. The lowest BCUT2D eigenvalue weighted by atomic mass is 9.72. The van der Waals surface area contributed by atoms with Crippen molar-refractivity contribution in [2.75, 3.05) is 0 Å². The topological polar surface area (TPSA) is 78.9 Å². The van der Waals surface area contributed by atoms with Crippen LogP contribution in [-0.2, 0) is 11.8 Å². The van der Waals surface area contributed by atoms with Gasteiger partial charge in [-0.1, -0.05) is 23.8 Å².